The van der Waals surface area contributed by atoms with Gasteiger partial charge in [0.15, 0.2) is 0 Å². The molecule has 2 rings (SSSR count). The molecule has 0 saturated heterocycles. The first-order chi connectivity index (χ1) is 15.4. The molecule has 0 aliphatic heterocycles. The molecule has 32 heavy (non-hydrogen) atoms. The van der Waals surface area contributed by atoms with Crippen LogP contribution in [-0.2, 0) is 27.9 Å². The Bertz CT molecular complexity index is 907. The summed E-state index contributed by atoms with van der Waals surface area (Å²) in [5, 5.41) is 0.896. The maximum Gasteiger partial charge on any atom is 0.233 e. The van der Waals surface area contributed by atoms with Crippen molar-refractivity contribution in [3.8, 4) is 11.5 Å². The normalized spacial score (nSPS) is 11.1. The average Bonchev–Trinajstić information content (AvgIpc) is 2.81. The van der Waals surface area contributed by atoms with E-state index in [1.54, 1.807) is 14.2 Å². The Morgan fingerprint density at radius 2 is 1.41 bits per heavy atom. The Balaban J connectivity index is 1.95. The van der Waals surface area contributed by atoms with Crippen LogP contribution in [0.15, 0.2) is 60.5 Å². The molecule has 0 unspecified atom stereocenters. The van der Waals surface area contributed by atoms with Gasteiger partial charge in [0.05, 0.1) is 14.2 Å². The Morgan fingerprint density at radius 3 is 1.84 bits per heavy atom. The molecule has 1 amide bonds. The predicted octanol–water partition coefficient (Wildman–Crippen LogP) is 3.86. The van der Waals surface area contributed by atoms with E-state index in [0.717, 1.165) is 34.5 Å². The van der Waals surface area contributed by atoms with E-state index in [0.29, 0.717) is 38.9 Å². The summed E-state index contributed by atoms with van der Waals surface area (Å²) in [6, 6.07) is 15.4. The summed E-state index contributed by atoms with van der Waals surface area (Å²) >= 11 is 0. The fourth-order valence-electron chi connectivity index (χ4n) is 3.14. The number of unbranched alkanes of at least 4 members (excludes halogenated alkanes) is 2. The Morgan fingerprint density at radius 1 is 0.906 bits per heavy atom. The van der Waals surface area contributed by atoms with Gasteiger partial charge in [-0.25, -0.2) is 13.1 Å². The summed E-state index contributed by atoms with van der Waals surface area (Å²) in [4.78, 5) is 14.8. The number of sulfonamides is 1. The summed E-state index contributed by atoms with van der Waals surface area (Å²) in [5.74, 6) is 1.60. The minimum Gasteiger partial charge on any atom is -0.497 e. The fraction of sp³-hybridized carbons (Fsp3) is 0.375. The number of methoxy groups -OCH3 is 2. The molecule has 2 aromatic rings. The molecule has 0 saturated carbocycles. The molecule has 0 radical (unpaired) electrons. The maximum absolute atomic E-state index is 13.0. The number of ether oxygens (including phenoxy) is 2. The molecule has 2 aromatic carbocycles. The molecule has 0 aliphatic carbocycles. The highest BCUT2D eigenvalue weighted by molar-refractivity contribution is 7.92. The monoisotopic (exact) mass is 460 g/mol. The third kappa shape index (κ3) is 8.72. The number of nitrogens with one attached hydrogen (secondary N) is 1. The van der Waals surface area contributed by atoms with Crippen LogP contribution in [0.25, 0.3) is 0 Å². The minimum atomic E-state index is -3.39. The van der Waals surface area contributed by atoms with E-state index in [-0.39, 0.29) is 5.91 Å². The smallest absolute Gasteiger partial charge is 0.233 e. The maximum atomic E-state index is 13.0. The molecule has 0 heterocycles. The van der Waals surface area contributed by atoms with Crippen LogP contribution in [-0.4, -0.2) is 40.0 Å². The summed E-state index contributed by atoms with van der Waals surface area (Å²) in [6.45, 7) is 4.59. The molecule has 7 nitrogen and oxygen atoms in total. The second-order valence-electron chi connectivity index (χ2n) is 7.36. The van der Waals surface area contributed by atoms with Crippen molar-refractivity contribution in [2.75, 3.05) is 20.8 Å². The van der Waals surface area contributed by atoms with Gasteiger partial charge < -0.3 is 14.4 Å². The zero-order chi connectivity index (χ0) is 23.4. The molecule has 0 aliphatic rings. The largest absolute Gasteiger partial charge is 0.497 e. The van der Waals surface area contributed by atoms with Gasteiger partial charge in [-0.2, -0.15) is 0 Å². The van der Waals surface area contributed by atoms with E-state index in [1.807, 2.05) is 53.4 Å². The predicted molar refractivity (Wildman–Crippen MR) is 126 cm³/mol. The van der Waals surface area contributed by atoms with Gasteiger partial charge in [0.2, 0.25) is 15.9 Å². The van der Waals surface area contributed by atoms with Gasteiger partial charge in [-0.3, -0.25) is 4.79 Å². The van der Waals surface area contributed by atoms with Crippen molar-refractivity contribution in [2.24, 2.45) is 0 Å². The highest BCUT2D eigenvalue weighted by Gasteiger charge is 2.15. The lowest BCUT2D eigenvalue weighted by Gasteiger charge is -2.23. The summed E-state index contributed by atoms with van der Waals surface area (Å²) in [7, 11) is -0.151. The summed E-state index contributed by atoms with van der Waals surface area (Å²) in [6.07, 6.45) is 2.51. The molecule has 0 spiro atoms. The zero-order valence-electron chi connectivity index (χ0n) is 18.7. The highest BCUT2D eigenvalue weighted by Crippen LogP contribution is 2.18. The van der Waals surface area contributed by atoms with E-state index < -0.39 is 10.0 Å². The third-order valence-corrected chi connectivity index (χ3v) is 6.05. The van der Waals surface area contributed by atoms with Crippen LogP contribution >= 0.6 is 0 Å². The van der Waals surface area contributed by atoms with E-state index in [4.69, 9.17) is 9.47 Å². The molecule has 1 N–H and O–H groups in total. The Labute approximate surface area is 191 Å². The molecule has 0 bridgehead atoms. The number of hydrogen-bond acceptors (Lipinski definition) is 5. The van der Waals surface area contributed by atoms with Crippen molar-refractivity contribution in [2.45, 2.75) is 38.8 Å². The average molecular weight is 461 g/mol. The molecular weight excluding hydrogens is 428 g/mol. The van der Waals surface area contributed by atoms with Crippen molar-refractivity contribution in [3.63, 3.8) is 0 Å². The number of nitrogens with zero attached hydrogens (tertiary/aromatic N) is 1. The van der Waals surface area contributed by atoms with Crippen molar-refractivity contribution in [1.29, 1.82) is 0 Å². The Hall–Kier alpha value is -2.84. The van der Waals surface area contributed by atoms with E-state index >= 15 is 0 Å². The van der Waals surface area contributed by atoms with Crippen LogP contribution in [0.1, 0.15) is 36.8 Å². The van der Waals surface area contributed by atoms with Gasteiger partial charge in [-0.05, 0) is 48.2 Å². The number of carbonyl (C=O) groups excluding carboxylic acids is 1. The topological polar surface area (TPSA) is 84.9 Å². The van der Waals surface area contributed by atoms with E-state index in [1.165, 1.54) is 0 Å². The van der Waals surface area contributed by atoms with E-state index in [9.17, 15) is 13.2 Å². The van der Waals surface area contributed by atoms with Gasteiger partial charge in [0.1, 0.15) is 11.5 Å². The lowest BCUT2D eigenvalue weighted by atomic mass is 10.1. The highest BCUT2D eigenvalue weighted by atomic mass is 32.2. The van der Waals surface area contributed by atoms with Crippen LogP contribution < -0.4 is 14.2 Å². The van der Waals surface area contributed by atoms with Gasteiger partial charge in [-0.15, -0.1) is 0 Å². The standard InChI is InChI=1S/C24H32N2O5S/c1-4-32(28,29)25-17-7-5-6-8-24(27)26(18-20-9-13-22(30-2)14-10-20)19-21-11-15-23(31-3)16-12-21/h4,9-16,25H,1,5-8,17-19H2,2-3H3. The first-order valence-corrected chi connectivity index (χ1v) is 12.1. The SMILES string of the molecule is C=CS(=O)(=O)NCCCCCC(=O)N(Cc1ccc(OC)cc1)Cc1ccc(OC)cc1. The quantitative estimate of drug-likeness (QED) is 0.433. The second kappa shape index (κ2) is 12.9. The molecule has 0 atom stereocenters. The van der Waals surface area contributed by atoms with Crippen molar-refractivity contribution >= 4 is 15.9 Å². The van der Waals surface area contributed by atoms with Crippen LogP contribution in [0.3, 0.4) is 0 Å². The Kier molecular flexibility index (Phi) is 10.2. The van der Waals surface area contributed by atoms with Gasteiger partial charge >= 0.3 is 0 Å². The number of amides is 1. The second-order valence-corrected chi connectivity index (χ2v) is 9.07. The van der Waals surface area contributed by atoms with Crippen LogP contribution in [0.4, 0.5) is 0 Å². The van der Waals surface area contributed by atoms with Crippen LogP contribution in [0, 0.1) is 0 Å². The molecular formula is C24H32N2O5S. The third-order valence-electron chi connectivity index (χ3n) is 5.01. The van der Waals surface area contributed by atoms with Crippen molar-refractivity contribution < 1.29 is 22.7 Å². The number of benzene rings is 2. The van der Waals surface area contributed by atoms with E-state index in [2.05, 4.69) is 11.3 Å². The molecule has 0 aromatic heterocycles. The number of rotatable bonds is 14. The van der Waals surface area contributed by atoms with Gasteiger partial charge in [0, 0.05) is 31.5 Å². The lowest BCUT2D eigenvalue weighted by Crippen LogP contribution is -2.30. The number of hydrogen-bond donors (Lipinski definition) is 1. The number of carbonyl (C=O) groups is 1. The first-order valence-electron chi connectivity index (χ1n) is 10.5. The summed E-state index contributed by atoms with van der Waals surface area (Å²) < 4.78 is 35.6. The van der Waals surface area contributed by atoms with Crippen molar-refractivity contribution in [1.82, 2.24) is 9.62 Å². The lowest BCUT2D eigenvalue weighted by molar-refractivity contribution is -0.132. The fourth-order valence-corrected chi connectivity index (χ4v) is 3.69. The first kappa shape index (κ1) is 25.4. The zero-order valence-corrected chi connectivity index (χ0v) is 19.6. The summed E-state index contributed by atoms with van der Waals surface area (Å²) in [5.41, 5.74) is 2.04. The molecule has 8 heteroatoms. The van der Waals surface area contributed by atoms with Crippen LogP contribution in [0.2, 0.25) is 0 Å². The minimum absolute atomic E-state index is 0.0586. The van der Waals surface area contributed by atoms with Gasteiger partial charge in [-0.1, -0.05) is 37.3 Å². The van der Waals surface area contributed by atoms with Crippen molar-refractivity contribution in [3.05, 3.63) is 71.6 Å². The molecule has 0 fully saturated rings. The van der Waals surface area contributed by atoms with Gasteiger partial charge in [0.25, 0.3) is 0 Å². The van der Waals surface area contributed by atoms with Crippen LogP contribution in [0.5, 0.6) is 11.5 Å². The molecule has 174 valence electrons.